The topological polar surface area (TPSA) is 136 Å². The number of benzene rings is 4. The molecule has 0 aliphatic carbocycles. The maximum Gasteiger partial charge on any atom is 0.206 e. The molecule has 9 nitrogen and oxygen atoms in total. The van der Waals surface area contributed by atoms with Crippen molar-refractivity contribution >= 4 is 19.7 Å². The number of phenols is 1. The molecule has 0 unspecified atom stereocenters. The fraction of sp³-hybridized carbons (Fsp3) is 0.333. The summed E-state index contributed by atoms with van der Waals surface area (Å²) in [5, 5.41) is 20.2. The van der Waals surface area contributed by atoms with E-state index in [1.165, 1.54) is 48.5 Å². The molecule has 0 bridgehead atoms. The van der Waals surface area contributed by atoms with Gasteiger partial charge in [0.25, 0.3) is 0 Å². The summed E-state index contributed by atoms with van der Waals surface area (Å²) in [6.07, 6.45) is 2.26. The van der Waals surface area contributed by atoms with E-state index >= 15 is 0 Å². The van der Waals surface area contributed by atoms with Gasteiger partial charge in [0.15, 0.2) is 13.6 Å². The molecule has 0 aliphatic heterocycles. The zero-order valence-electron chi connectivity index (χ0n) is 27.0. The van der Waals surface area contributed by atoms with Crippen molar-refractivity contribution in [3.63, 3.8) is 0 Å². The minimum atomic E-state index is -3.77. The number of phenolic OH excluding ortho intramolecular Hbond substituents is 1. The van der Waals surface area contributed by atoms with Crippen molar-refractivity contribution in [2.24, 2.45) is 0 Å². The quantitative estimate of drug-likeness (QED) is 0.0936. The number of aliphatic hydroxyl groups is 1. The highest BCUT2D eigenvalue weighted by molar-refractivity contribution is 7.91. The number of ether oxygens (including phenoxy) is 3. The van der Waals surface area contributed by atoms with E-state index in [9.17, 15) is 27.0 Å². The first-order chi connectivity index (χ1) is 22.3. The average Bonchev–Trinajstić information content (AvgIpc) is 3.10. The van der Waals surface area contributed by atoms with Crippen LogP contribution in [0.3, 0.4) is 0 Å². The van der Waals surface area contributed by atoms with E-state index in [4.69, 9.17) is 14.2 Å². The van der Waals surface area contributed by atoms with Crippen molar-refractivity contribution in [2.45, 2.75) is 84.2 Å². The second kappa shape index (κ2) is 15.0. The largest absolute Gasteiger partial charge is 0.508 e. The lowest BCUT2D eigenvalue weighted by molar-refractivity contribution is -0.172. The Bertz CT molecular complexity index is 1810. The fourth-order valence-electron chi connectivity index (χ4n) is 5.40. The van der Waals surface area contributed by atoms with Crippen LogP contribution in [0.15, 0.2) is 117 Å². The van der Waals surface area contributed by atoms with Gasteiger partial charge in [-0.05, 0) is 110 Å². The molecule has 0 amide bonds. The van der Waals surface area contributed by atoms with Crippen LogP contribution in [-0.4, -0.2) is 40.6 Å². The minimum Gasteiger partial charge on any atom is -0.508 e. The van der Waals surface area contributed by atoms with Crippen LogP contribution in [0.5, 0.6) is 11.5 Å². The predicted octanol–water partition coefficient (Wildman–Crippen LogP) is 7.11. The van der Waals surface area contributed by atoms with Crippen molar-refractivity contribution in [3.05, 3.63) is 108 Å². The molecular weight excluding hydrogens is 641 g/mol. The van der Waals surface area contributed by atoms with Crippen molar-refractivity contribution in [1.29, 1.82) is 0 Å². The van der Waals surface area contributed by atoms with Crippen LogP contribution in [-0.2, 0) is 40.4 Å². The molecule has 0 aromatic heterocycles. The summed E-state index contributed by atoms with van der Waals surface area (Å²) < 4.78 is 69.8. The summed E-state index contributed by atoms with van der Waals surface area (Å²) in [6, 6.07) is 24.3. The Hall–Kier alpha value is -3.74. The second-order valence-corrected chi connectivity index (χ2v) is 15.1. The Morgan fingerprint density at radius 2 is 0.957 bits per heavy atom. The normalized spacial score (nSPS) is 12.6. The highest BCUT2D eigenvalue weighted by Gasteiger charge is 2.30. The molecule has 0 saturated carbocycles. The van der Waals surface area contributed by atoms with Gasteiger partial charge in [0.2, 0.25) is 19.7 Å². The first-order valence-corrected chi connectivity index (χ1v) is 18.5. The third kappa shape index (κ3) is 7.88. The molecule has 11 heteroatoms. The third-order valence-corrected chi connectivity index (χ3v) is 12.3. The van der Waals surface area contributed by atoms with Gasteiger partial charge in [-0.15, -0.1) is 0 Å². The number of hydrogen-bond donors (Lipinski definition) is 2. The zero-order valence-corrected chi connectivity index (χ0v) is 28.7. The molecule has 4 rings (SSSR count). The molecule has 252 valence electrons. The van der Waals surface area contributed by atoms with E-state index in [0.29, 0.717) is 37.0 Å². The smallest absolute Gasteiger partial charge is 0.206 e. The summed E-state index contributed by atoms with van der Waals surface area (Å²) in [6.45, 7) is 7.49. The number of aromatic hydroxyl groups is 1. The molecule has 0 radical (unpaired) electrons. The highest BCUT2D eigenvalue weighted by atomic mass is 32.2. The molecule has 0 atom stereocenters. The second-order valence-electron chi connectivity index (χ2n) is 11.2. The molecule has 0 heterocycles. The summed E-state index contributed by atoms with van der Waals surface area (Å²) >= 11 is 0. The van der Waals surface area contributed by atoms with E-state index in [0.717, 1.165) is 5.56 Å². The van der Waals surface area contributed by atoms with Crippen LogP contribution in [0.2, 0.25) is 0 Å². The number of hydrogen-bond acceptors (Lipinski definition) is 9. The molecule has 47 heavy (non-hydrogen) atoms. The van der Waals surface area contributed by atoms with E-state index in [2.05, 4.69) is 0 Å². The molecule has 4 aromatic rings. The van der Waals surface area contributed by atoms with Crippen molar-refractivity contribution in [2.75, 3.05) is 13.6 Å². The minimum absolute atomic E-state index is 0.0131. The van der Waals surface area contributed by atoms with Gasteiger partial charge in [-0.1, -0.05) is 52.0 Å². The maximum atomic E-state index is 13.2. The summed E-state index contributed by atoms with van der Waals surface area (Å²) in [5.74, 6) is 0.402. The Labute approximate surface area is 277 Å². The van der Waals surface area contributed by atoms with Gasteiger partial charge in [0, 0.05) is 0 Å². The van der Waals surface area contributed by atoms with Gasteiger partial charge in [-0.3, -0.25) is 0 Å². The maximum absolute atomic E-state index is 13.2. The Morgan fingerprint density at radius 3 is 1.38 bits per heavy atom. The summed E-state index contributed by atoms with van der Waals surface area (Å²) in [4.78, 5) is 0.463. The predicted molar refractivity (Wildman–Crippen MR) is 178 cm³/mol. The molecule has 0 aliphatic rings. The molecule has 0 fully saturated rings. The lowest BCUT2D eigenvalue weighted by atomic mass is 9.88. The lowest BCUT2D eigenvalue weighted by Gasteiger charge is -2.32. The van der Waals surface area contributed by atoms with Gasteiger partial charge in [0.1, 0.15) is 11.5 Å². The standard InChI is InChI=1S/C36H42O9S2/c1-5-35(38,6-2)27-9-17-31(18-10-27)47(41,42)34-23-15-30(16-24-34)44-25-43-26-45-36(7-3,8-4)28-11-19-32(20-12-28)46(39,40)33-21-13-29(37)14-22-33/h9-24,37-38H,5-8,25-26H2,1-4H3. The van der Waals surface area contributed by atoms with Crippen LogP contribution in [0.25, 0.3) is 0 Å². The van der Waals surface area contributed by atoms with Crippen LogP contribution < -0.4 is 4.74 Å². The van der Waals surface area contributed by atoms with Crippen LogP contribution in [0.1, 0.15) is 64.5 Å². The molecule has 0 saturated heterocycles. The molecule has 4 aromatic carbocycles. The van der Waals surface area contributed by atoms with Crippen molar-refractivity contribution in [1.82, 2.24) is 0 Å². The van der Waals surface area contributed by atoms with Crippen LogP contribution in [0.4, 0.5) is 0 Å². The average molecular weight is 683 g/mol. The fourth-order valence-corrected chi connectivity index (χ4v) is 7.92. The third-order valence-electron chi connectivity index (χ3n) is 8.71. The first-order valence-electron chi connectivity index (χ1n) is 15.5. The van der Waals surface area contributed by atoms with Gasteiger partial charge < -0.3 is 24.4 Å². The van der Waals surface area contributed by atoms with Gasteiger partial charge in [0.05, 0.1) is 30.8 Å². The number of rotatable bonds is 16. The first kappa shape index (κ1) is 36.1. The highest BCUT2D eigenvalue weighted by Crippen LogP contribution is 2.35. The van der Waals surface area contributed by atoms with Crippen LogP contribution >= 0.6 is 0 Å². The van der Waals surface area contributed by atoms with E-state index in [1.807, 2.05) is 27.7 Å². The van der Waals surface area contributed by atoms with Crippen molar-refractivity contribution < 1.29 is 41.3 Å². The van der Waals surface area contributed by atoms with Gasteiger partial charge >= 0.3 is 0 Å². The Kier molecular flexibility index (Phi) is 11.5. The lowest BCUT2D eigenvalue weighted by Crippen LogP contribution is -2.30. The monoisotopic (exact) mass is 682 g/mol. The summed E-state index contributed by atoms with van der Waals surface area (Å²) in [7, 11) is -7.52. The Morgan fingerprint density at radius 1 is 0.553 bits per heavy atom. The zero-order chi connectivity index (χ0) is 34.3. The molecule has 2 N–H and O–H groups in total. The molecule has 0 spiro atoms. The van der Waals surface area contributed by atoms with E-state index in [-0.39, 0.29) is 38.9 Å². The Balaban J connectivity index is 1.33. The van der Waals surface area contributed by atoms with E-state index < -0.39 is 30.9 Å². The van der Waals surface area contributed by atoms with Gasteiger partial charge in [-0.2, -0.15) is 0 Å². The van der Waals surface area contributed by atoms with E-state index in [1.54, 1.807) is 48.5 Å². The van der Waals surface area contributed by atoms with Crippen LogP contribution in [0, 0.1) is 0 Å². The SMILES string of the molecule is CCC(O)(CC)c1ccc(S(=O)(=O)c2ccc(OCOCOC(CC)(CC)c3ccc(S(=O)(=O)c4ccc(O)cc4)cc3)cc2)cc1. The molecular formula is C36H42O9S2. The van der Waals surface area contributed by atoms with Crippen molar-refractivity contribution in [3.8, 4) is 11.5 Å². The summed E-state index contributed by atoms with van der Waals surface area (Å²) in [5.41, 5.74) is -0.231. The van der Waals surface area contributed by atoms with Gasteiger partial charge in [-0.25, -0.2) is 16.8 Å². The number of sulfone groups is 2.